The van der Waals surface area contributed by atoms with Crippen LogP contribution < -0.4 is 5.73 Å². The van der Waals surface area contributed by atoms with Gasteiger partial charge in [0.05, 0.1) is 12.1 Å². The van der Waals surface area contributed by atoms with E-state index in [1.807, 2.05) is 30.3 Å². The van der Waals surface area contributed by atoms with Gasteiger partial charge in [-0.3, -0.25) is 24.3 Å². The van der Waals surface area contributed by atoms with Crippen LogP contribution in [0.15, 0.2) is 59.3 Å². The fourth-order valence-electron chi connectivity index (χ4n) is 4.99. The fourth-order valence-corrected chi connectivity index (χ4v) is 4.99. The molecule has 1 aliphatic rings. The van der Waals surface area contributed by atoms with Crippen molar-refractivity contribution >= 4 is 17.7 Å². The molecule has 1 saturated carbocycles. The first-order valence-electron chi connectivity index (χ1n) is 13.8. The molecule has 1 fully saturated rings. The maximum absolute atomic E-state index is 13.9. The Morgan fingerprint density at radius 1 is 1.08 bits per heavy atom. The van der Waals surface area contributed by atoms with Crippen LogP contribution in [0.5, 0.6) is 0 Å². The summed E-state index contributed by atoms with van der Waals surface area (Å²) in [6, 6.07) is 13.4. The van der Waals surface area contributed by atoms with Gasteiger partial charge in [-0.05, 0) is 42.9 Å². The molecule has 0 aliphatic heterocycles. The number of carbonyl (C=O) groups is 3. The molecule has 3 aromatic rings. The smallest absolute Gasteiger partial charge is 0.298 e. The molecule has 0 saturated heterocycles. The molecule has 8 heteroatoms. The van der Waals surface area contributed by atoms with Crippen molar-refractivity contribution in [2.45, 2.75) is 64.7 Å². The van der Waals surface area contributed by atoms with Crippen LogP contribution in [0.25, 0.3) is 11.5 Å². The van der Waals surface area contributed by atoms with E-state index in [9.17, 15) is 14.4 Å². The summed E-state index contributed by atoms with van der Waals surface area (Å²) in [7, 11) is 0. The second kappa shape index (κ2) is 13.8. The largest absolute Gasteiger partial charge is 0.431 e. The number of amides is 3. The molecule has 8 nitrogen and oxygen atoms in total. The Kier molecular flexibility index (Phi) is 10.00. The van der Waals surface area contributed by atoms with Crippen molar-refractivity contribution in [3.63, 3.8) is 0 Å². The number of primary amides is 1. The number of carbonyl (C=O) groups excluding carboxylic acids is 3. The highest BCUT2D eigenvalue weighted by molar-refractivity contribution is 6.06. The lowest BCUT2D eigenvalue weighted by Gasteiger charge is -2.24. The molecule has 0 bridgehead atoms. The predicted octanol–water partition coefficient (Wildman–Crippen LogP) is 5.18. The molecular formula is C31H37N4O4. The number of nitrogens with two attached hydrogens (primary N) is 1. The molecule has 1 radical (unpaired) electrons. The Hall–Kier alpha value is -3.81. The Morgan fingerprint density at radius 3 is 2.49 bits per heavy atom. The highest BCUT2D eigenvalue weighted by Gasteiger charge is 2.31. The third kappa shape index (κ3) is 7.85. The van der Waals surface area contributed by atoms with Gasteiger partial charge in [-0.15, -0.1) is 0 Å². The average Bonchev–Trinajstić information content (AvgIpc) is 3.39. The average molecular weight is 530 g/mol. The molecule has 2 N–H and O–H groups in total. The van der Waals surface area contributed by atoms with Crippen molar-refractivity contribution in [2.24, 2.45) is 17.6 Å². The molecule has 1 unspecified atom stereocenters. The number of nitrogens with zero attached hydrogens (tertiary/aromatic N) is 3. The van der Waals surface area contributed by atoms with Gasteiger partial charge in [0.15, 0.2) is 0 Å². The summed E-state index contributed by atoms with van der Waals surface area (Å²) in [5.74, 6) is -1.27. The third-order valence-corrected chi connectivity index (χ3v) is 7.36. The summed E-state index contributed by atoms with van der Waals surface area (Å²) < 4.78 is 5.99. The summed E-state index contributed by atoms with van der Waals surface area (Å²) in [6.45, 7) is 1.92. The Labute approximate surface area is 230 Å². The molecule has 1 aromatic carbocycles. The summed E-state index contributed by atoms with van der Waals surface area (Å²) in [5, 5.41) is 0. The van der Waals surface area contributed by atoms with Crippen molar-refractivity contribution in [1.29, 1.82) is 0 Å². The van der Waals surface area contributed by atoms with E-state index in [-0.39, 0.29) is 30.5 Å². The van der Waals surface area contributed by atoms with E-state index >= 15 is 0 Å². The number of imide groups is 1. The molecule has 2 heterocycles. The van der Waals surface area contributed by atoms with Crippen molar-refractivity contribution in [3.05, 3.63) is 78.3 Å². The second-order valence-corrected chi connectivity index (χ2v) is 10.4. The van der Waals surface area contributed by atoms with Gasteiger partial charge in [0.1, 0.15) is 0 Å². The van der Waals surface area contributed by atoms with Crippen molar-refractivity contribution < 1.29 is 18.8 Å². The topological polar surface area (TPSA) is 119 Å². The molecule has 4 rings (SSSR count). The number of oxazole rings is 1. The zero-order valence-electron chi connectivity index (χ0n) is 22.6. The minimum absolute atomic E-state index is 0.0333. The number of aryl methyl sites for hydroxylation is 1. The number of pyridine rings is 1. The van der Waals surface area contributed by atoms with Crippen LogP contribution in [0, 0.1) is 18.3 Å². The Morgan fingerprint density at radius 2 is 1.79 bits per heavy atom. The molecule has 1 atom stereocenters. The van der Waals surface area contributed by atoms with E-state index < -0.39 is 17.7 Å². The first-order chi connectivity index (χ1) is 18.9. The fraction of sp³-hybridized carbons (Fsp3) is 0.419. The van der Waals surface area contributed by atoms with Crippen LogP contribution in [0.1, 0.15) is 73.7 Å². The van der Waals surface area contributed by atoms with Gasteiger partial charge in [0.25, 0.3) is 5.91 Å². The molecule has 2 aromatic heterocycles. The molecule has 205 valence electrons. The zero-order valence-corrected chi connectivity index (χ0v) is 22.6. The maximum Gasteiger partial charge on any atom is 0.298 e. The maximum atomic E-state index is 13.9. The lowest BCUT2D eigenvalue weighted by atomic mass is 9.86. The van der Waals surface area contributed by atoms with E-state index in [4.69, 9.17) is 10.2 Å². The van der Waals surface area contributed by atoms with Crippen LogP contribution in [-0.2, 0) is 22.4 Å². The number of hydrogen-bond donors (Lipinski definition) is 1. The minimum atomic E-state index is -0.563. The SMILES string of the molecule is CC(Cc1nc(-c2ccncc2)oc1C(=O)N(CCCc1ccccc1)C(=O)[CH]CC1CCCCC1)C(N)=O. The molecule has 1 aliphatic carbocycles. The Bertz CT molecular complexity index is 1240. The van der Waals surface area contributed by atoms with E-state index in [0.717, 1.165) is 24.8 Å². The van der Waals surface area contributed by atoms with Crippen LogP contribution in [-0.4, -0.2) is 39.1 Å². The second-order valence-electron chi connectivity index (χ2n) is 10.4. The number of rotatable bonds is 12. The van der Waals surface area contributed by atoms with Gasteiger partial charge in [-0.25, -0.2) is 4.98 Å². The first kappa shape index (κ1) is 28.2. The quantitative estimate of drug-likeness (QED) is 0.345. The predicted molar refractivity (Wildman–Crippen MR) is 148 cm³/mol. The normalized spacial score (nSPS) is 14.6. The number of hydrogen-bond acceptors (Lipinski definition) is 6. The monoisotopic (exact) mass is 529 g/mol. The minimum Gasteiger partial charge on any atom is -0.431 e. The summed E-state index contributed by atoms with van der Waals surface area (Å²) in [6.07, 6.45) is 12.8. The molecule has 0 spiro atoms. The van der Waals surface area contributed by atoms with Crippen LogP contribution >= 0.6 is 0 Å². The van der Waals surface area contributed by atoms with Gasteiger partial charge < -0.3 is 10.2 Å². The van der Waals surface area contributed by atoms with Gasteiger partial charge >= 0.3 is 0 Å². The van der Waals surface area contributed by atoms with E-state index in [1.165, 1.54) is 24.2 Å². The van der Waals surface area contributed by atoms with E-state index in [2.05, 4.69) is 9.97 Å². The highest BCUT2D eigenvalue weighted by atomic mass is 16.4. The van der Waals surface area contributed by atoms with Gasteiger partial charge in [-0.1, -0.05) is 69.4 Å². The van der Waals surface area contributed by atoms with Crippen molar-refractivity contribution in [3.8, 4) is 11.5 Å². The van der Waals surface area contributed by atoms with Crippen LogP contribution in [0.4, 0.5) is 0 Å². The van der Waals surface area contributed by atoms with Crippen molar-refractivity contribution in [1.82, 2.24) is 14.9 Å². The number of benzene rings is 1. The molecule has 3 amide bonds. The van der Waals surface area contributed by atoms with Crippen molar-refractivity contribution in [2.75, 3.05) is 6.54 Å². The standard InChI is InChI=1S/C31H37N4O4/c1-22(29(32)37)21-26-28(39-30(34-26)25-16-18-33-19-17-25)31(38)35(20-8-13-23-9-4-2-5-10-23)27(36)15-14-24-11-6-3-7-12-24/h2,4-5,9-10,15-19,22,24H,3,6-8,11-14,20-21H2,1H3,(H2,32,37). The van der Waals surface area contributed by atoms with Gasteiger partial charge in [0, 0.05) is 36.8 Å². The van der Waals surface area contributed by atoms with Crippen LogP contribution in [0.3, 0.4) is 0 Å². The summed E-state index contributed by atoms with van der Waals surface area (Å²) in [4.78, 5) is 49.0. The zero-order chi connectivity index (χ0) is 27.6. The van der Waals surface area contributed by atoms with Crippen LogP contribution in [0.2, 0.25) is 0 Å². The highest BCUT2D eigenvalue weighted by Crippen LogP contribution is 2.28. The van der Waals surface area contributed by atoms with E-state index in [1.54, 1.807) is 37.9 Å². The first-order valence-corrected chi connectivity index (χ1v) is 13.8. The Balaban J connectivity index is 1.58. The number of aromatic nitrogens is 2. The lowest BCUT2D eigenvalue weighted by Crippen LogP contribution is -2.39. The van der Waals surface area contributed by atoms with E-state index in [0.29, 0.717) is 30.0 Å². The van der Waals surface area contributed by atoms with Gasteiger partial charge in [-0.2, -0.15) is 0 Å². The molecular weight excluding hydrogens is 492 g/mol. The summed E-state index contributed by atoms with van der Waals surface area (Å²) >= 11 is 0. The molecule has 39 heavy (non-hydrogen) atoms. The lowest BCUT2D eigenvalue weighted by molar-refractivity contribution is -0.125. The van der Waals surface area contributed by atoms with Gasteiger partial charge in [0.2, 0.25) is 23.5 Å². The third-order valence-electron chi connectivity index (χ3n) is 7.36. The summed E-state index contributed by atoms with van der Waals surface area (Å²) in [5.41, 5.74) is 7.60.